The minimum atomic E-state index is 0.321. The summed E-state index contributed by atoms with van der Waals surface area (Å²) in [5.74, 6) is 1.49. The molecular formula is C16H16N4. The van der Waals surface area contributed by atoms with Crippen LogP contribution in [0.25, 0.3) is 22.3 Å². The van der Waals surface area contributed by atoms with E-state index in [4.69, 9.17) is 5.73 Å². The molecule has 3 rings (SSSR count). The number of hydrogen-bond acceptors (Lipinski definition) is 4. The molecule has 0 spiro atoms. The Labute approximate surface area is 117 Å². The molecule has 0 radical (unpaired) electrons. The number of aromatic nitrogens is 3. The van der Waals surface area contributed by atoms with Crippen molar-refractivity contribution in [1.29, 1.82) is 0 Å². The largest absolute Gasteiger partial charge is 0.384 e. The number of fused-ring (bicyclic) bond motifs is 1. The predicted molar refractivity (Wildman–Crippen MR) is 81.3 cm³/mol. The summed E-state index contributed by atoms with van der Waals surface area (Å²) in [7, 11) is 0. The minimum Gasteiger partial charge on any atom is -0.384 e. The highest BCUT2D eigenvalue weighted by atomic mass is 14.9. The van der Waals surface area contributed by atoms with Gasteiger partial charge in [-0.1, -0.05) is 19.9 Å². The summed E-state index contributed by atoms with van der Waals surface area (Å²) in [6.07, 6.45) is 1.79. The van der Waals surface area contributed by atoms with Crippen LogP contribution in [0.4, 0.5) is 5.82 Å². The molecule has 0 aliphatic rings. The zero-order valence-corrected chi connectivity index (χ0v) is 11.5. The number of hydrogen-bond donors (Lipinski definition) is 1. The third-order valence-electron chi connectivity index (χ3n) is 3.22. The number of nitrogens with zero attached hydrogens (tertiary/aromatic N) is 3. The van der Waals surface area contributed by atoms with Gasteiger partial charge in [0, 0.05) is 28.9 Å². The highest BCUT2D eigenvalue weighted by molar-refractivity contribution is 5.83. The van der Waals surface area contributed by atoms with E-state index in [0.717, 1.165) is 22.2 Å². The van der Waals surface area contributed by atoms with Crippen LogP contribution in [-0.4, -0.2) is 15.0 Å². The maximum Gasteiger partial charge on any atom is 0.161 e. The summed E-state index contributed by atoms with van der Waals surface area (Å²) in [4.78, 5) is 13.3. The second-order valence-electron chi connectivity index (χ2n) is 5.11. The highest BCUT2D eigenvalue weighted by Gasteiger charge is 2.08. The van der Waals surface area contributed by atoms with E-state index in [0.29, 0.717) is 17.6 Å². The molecule has 3 aromatic rings. The Hall–Kier alpha value is -2.49. The molecule has 0 aliphatic heterocycles. The van der Waals surface area contributed by atoms with E-state index in [9.17, 15) is 0 Å². The van der Waals surface area contributed by atoms with Crippen molar-refractivity contribution in [3.63, 3.8) is 0 Å². The molecule has 4 heteroatoms. The molecule has 0 amide bonds. The second-order valence-corrected chi connectivity index (χ2v) is 5.11. The number of anilines is 1. The predicted octanol–water partition coefficient (Wildman–Crippen LogP) is 3.40. The van der Waals surface area contributed by atoms with Gasteiger partial charge in [0.2, 0.25) is 0 Å². The zero-order chi connectivity index (χ0) is 14.1. The SMILES string of the molecule is CC(C)c1cc(N)nc(-c2ccc3ncccc3c2)n1. The third-order valence-corrected chi connectivity index (χ3v) is 3.22. The van der Waals surface area contributed by atoms with Gasteiger partial charge < -0.3 is 5.73 Å². The first-order chi connectivity index (χ1) is 9.63. The van der Waals surface area contributed by atoms with Crippen LogP contribution in [0, 0.1) is 0 Å². The van der Waals surface area contributed by atoms with Crippen LogP contribution in [0.15, 0.2) is 42.6 Å². The van der Waals surface area contributed by atoms with Gasteiger partial charge in [0.15, 0.2) is 5.82 Å². The molecule has 0 saturated heterocycles. The summed E-state index contributed by atoms with van der Waals surface area (Å²) in [5, 5.41) is 1.07. The van der Waals surface area contributed by atoms with Crippen LogP contribution in [0.3, 0.4) is 0 Å². The van der Waals surface area contributed by atoms with E-state index in [1.54, 1.807) is 6.20 Å². The summed E-state index contributed by atoms with van der Waals surface area (Å²) >= 11 is 0. The lowest BCUT2D eigenvalue weighted by Gasteiger charge is -2.09. The fourth-order valence-electron chi connectivity index (χ4n) is 2.13. The minimum absolute atomic E-state index is 0.321. The Morgan fingerprint density at radius 1 is 1.05 bits per heavy atom. The summed E-state index contributed by atoms with van der Waals surface area (Å²) < 4.78 is 0. The van der Waals surface area contributed by atoms with Crippen LogP contribution in [0.5, 0.6) is 0 Å². The van der Waals surface area contributed by atoms with Crippen molar-refractivity contribution in [2.24, 2.45) is 0 Å². The van der Waals surface area contributed by atoms with Crippen molar-refractivity contribution < 1.29 is 0 Å². The molecule has 1 aromatic carbocycles. The summed E-state index contributed by atoms with van der Waals surface area (Å²) in [6.45, 7) is 4.19. The normalized spacial score (nSPS) is 11.2. The molecule has 0 unspecified atom stereocenters. The Morgan fingerprint density at radius 3 is 2.70 bits per heavy atom. The van der Waals surface area contributed by atoms with E-state index in [1.807, 2.05) is 36.4 Å². The van der Waals surface area contributed by atoms with Crippen molar-refractivity contribution in [2.45, 2.75) is 19.8 Å². The molecule has 0 atom stereocenters. The quantitative estimate of drug-likeness (QED) is 0.770. The maximum absolute atomic E-state index is 5.88. The number of nitrogens with two attached hydrogens (primary N) is 1. The molecule has 0 bridgehead atoms. The second kappa shape index (κ2) is 4.89. The third kappa shape index (κ3) is 2.32. The summed E-state index contributed by atoms with van der Waals surface area (Å²) in [6, 6.07) is 11.8. The topological polar surface area (TPSA) is 64.7 Å². The Morgan fingerprint density at radius 2 is 1.90 bits per heavy atom. The molecule has 0 saturated carbocycles. The van der Waals surface area contributed by atoms with E-state index in [1.165, 1.54) is 0 Å². The smallest absolute Gasteiger partial charge is 0.161 e. The van der Waals surface area contributed by atoms with Crippen LogP contribution >= 0.6 is 0 Å². The first-order valence-electron chi connectivity index (χ1n) is 6.63. The number of rotatable bonds is 2. The van der Waals surface area contributed by atoms with E-state index >= 15 is 0 Å². The lowest BCUT2D eigenvalue weighted by atomic mass is 10.1. The molecule has 2 aromatic heterocycles. The average Bonchev–Trinajstić information content (AvgIpc) is 2.46. The van der Waals surface area contributed by atoms with Crippen LogP contribution in [0.2, 0.25) is 0 Å². The van der Waals surface area contributed by atoms with Gasteiger partial charge in [0.25, 0.3) is 0 Å². The molecule has 0 fully saturated rings. The molecule has 20 heavy (non-hydrogen) atoms. The lowest BCUT2D eigenvalue weighted by Crippen LogP contribution is -2.01. The fraction of sp³-hybridized carbons (Fsp3) is 0.188. The molecule has 100 valence electrons. The molecule has 4 nitrogen and oxygen atoms in total. The Bertz CT molecular complexity index is 765. The molecule has 2 N–H and O–H groups in total. The van der Waals surface area contributed by atoms with Crippen LogP contribution < -0.4 is 5.73 Å². The van der Waals surface area contributed by atoms with Crippen molar-refractivity contribution in [3.05, 3.63) is 48.3 Å². The Kier molecular flexibility index (Phi) is 3.06. The molecule has 0 aliphatic carbocycles. The van der Waals surface area contributed by atoms with Gasteiger partial charge in [-0.2, -0.15) is 0 Å². The van der Waals surface area contributed by atoms with Crippen molar-refractivity contribution in [2.75, 3.05) is 5.73 Å². The van der Waals surface area contributed by atoms with E-state index < -0.39 is 0 Å². The van der Waals surface area contributed by atoms with Gasteiger partial charge in [0.1, 0.15) is 5.82 Å². The van der Waals surface area contributed by atoms with E-state index in [-0.39, 0.29) is 0 Å². The van der Waals surface area contributed by atoms with Crippen LogP contribution in [-0.2, 0) is 0 Å². The van der Waals surface area contributed by atoms with Crippen molar-refractivity contribution in [3.8, 4) is 11.4 Å². The average molecular weight is 264 g/mol. The van der Waals surface area contributed by atoms with Crippen molar-refractivity contribution in [1.82, 2.24) is 15.0 Å². The van der Waals surface area contributed by atoms with Gasteiger partial charge in [-0.3, -0.25) is 4.98 Å². The van der Waals surface area contributed by atoms with Gasteiger partial charge in [-0.25, -0.2) is 9.97 Å². The van der Waals surface area contributed by atoms with Gasteiger partial charge in [-0.05, 0) is 30.2 Å². The number of pyridine rings is 1. The van der Waals surface area contributed by atoms with Crippen molar-refractivity contribution >= 4 is 16.7 Å². The molecular weight excluding hydrogens is 248 g/mol. The first kappa shape index (κ1) is 12.5. The summed E-state index contributed by atoms with van der Waals surface area (Å²) in [5.41, 5.74) is 8.76. The van der Waals surface area contributed by atoms with Gasteiger partial charge in [0.05, 0.1) is 5.52 Å². The van der Waals surface area contributed by atoms with Crippen LogP contribution in [0.1, 0.15) is 25.5 Å². The Balaban J connectivity index is 2.15. The first-order valence-corrected chi connectivity index (χ1v) is 6.63. The monoisotopic (exact) mass is 264 g/mol. The number of benzene rings is 1. The zero-order valence-electron chi connectivity index (χ0n) is 11.5. The number of nitrogen functional groups attached to an aromatic ring is 1. The highest BCUT2D eigenvalue weighted by Crippen LogP contribution is 2.23. The molecule has 2 heterocycles. The van der Waals surface area contributed by atoms with Gasteiger partial charge >= 0.3 is 0 Å². The lowest BCUT2D eigenvalue weighted by molar-refractivity contribution is 0.818. The standard InChI is InChI=1S/C16H16N4/c1-10(2)14-9-15(17)20-16(19-14)12-5-6-13-11(8-12)4-3-7-18-13/h3-10H,1-2H3,(H2,17,19,20). The maximum atomic E-state index is 5.88. The van der Waals surface area contributed by atoms with Gasteiger partial charge in [-0.15, -0.1) is 0 Å². The fourth-order valence-corrected chi connectivity index (χ4v) is 2.13. The van der Waals surface area contributed by atoms with E-state index in [2.05, 4.69) is 28.8 Å².